The number of benzene rings is 2. The van der Waals surface area contributed by atoms with Gasteiger partial charge in [0.1, 0.15) is 11.5 Å². The van der Waals surface area contributed by atoms with Crippen LogP contribution in [0.5, 0.6) is 11.5 Å². The molecule has 1 saturated heterocycles. The molecule has 0 radical (unpaired) electrons. The van der Waals surface area contributed by atoms with Crippen molar-refractivity contribution in [2.24, 2.45) is 0 Å². The molecule has 0 bridgehead atoms. The summed E-state index contributed by atoms with van der Waals surface area (Å²) in [5.74, 6) is 1.07. The van der Waals surface area contributed by atoms with Gasteiger partial charge in [-0.1, -0.05) is 11.6 Å². The van der Waals surface area contributed by atoms with Crippen LogP contribution in [0.3, 0.4) is 0 Å². The molecule has 1 amide bonds. The first-order chi connectivity index (χ1) is 17.2. The number of hydrogen-bond donors (Lipinski definition) is 2. The van der Waals surface area contributed by atoms with Crippen LogP contribution < -0.4 is 19.1 Å². The van der Waals surface area contributed by atoms with Crippen LogP contribution in [0.2, 0.25) is 5.02 Å². The van der Waals surface area contributed by atoms with Crippen molar-refractivity contribution in [2.45, 2.75) is 23.9 Å². The van der Waals surface area contributed by atoms with Crippen molar-refractivity contribution < 1.29 is 27.8 Å². The predicted octanol–water partition coefficient (Wildman–Crippen LogP) is 4.37. The first kappa shape index (κ1) is 25.9. The van der Waals surface area contributed by atoms with E-state index < -0.39 is 16.1 Å². The highest BCUT2D eigenvalue weighted by atomic mass is 35.5. The van der Waals surface area contributed by atoms with Gasteiger partial charge in [0.2, 0.25) is 0 Å². The summed E-state index contributed by atoms with van der Waals surface area (Å²) in [5, 5.41) is 14.6. The van der Waals surface area contributed by atoms with Crippen LogP contribution in [0.15, 0.2) is 52.9 Å². The van der Waals surface area contributed by atoms with Crippen LogP contribution in [0.4, 0.5) is 15.6 Å². The zero-order chi connectivity index (χ0) is 25.9. The summed E-state index contributed by atoms with van der Waals surface area (Å²) in [6.45, 7) is 0.732. The number of hydrogen-bond acceptors (Lipinski definition) is 8. The first-order valence-corrected chi connectivity index (χ1v) is 13.6. The fourth-order valence-corrected chi connectivity index (χ4v) is 6.50. The number of ether oxygens (including phenoxy) is 2. The van der Waals surface area contributed by atoms with E-state index in [-0.39, 0.29) is 22.5 Å². The Hall–Kier alpha value is -3.22. The highest BCUT2D eigenvalue weighted by Crippen LogP contribution is 2.34. The number of amides is 1. The second-order valence-corrected chi connectivity index (χ2v) is 11.1. The Bertz CT molecular complexity index is 1340. The van der Waals surface area contributed by atoms with Gasteiger partial charge in [-0.25, -0.2) is 22.5 Å². The molecule has 2 N–H and O–H groups in total. The molecule has 1 atom stereocenters. The maximum Gasteiger partial charge on any atom is 0.407 e. The van der Waals surface area contributed by atoms with Gasteiger partial charge in [-0.3, -0.25) is 0 Å². The molecule has 0 aliphatic carbocycles. The van der Waals surface area contributed by atoms with Crippen molar-refractivity contribution in [2.75, 3.05) is 36.9 Å². The molecule has 1 aromatic heterocycles. The van der Waals surface area contributed by atoms with Gasteiger partial charge < -0.3 is 24.8 Å². The summed E-state index contributed by atoms with van der Waals surface area (Å²) >= 11 is 7.66. The summed E-state index contributed by atoms with van der Waals surface area (Å²) in [5.41, 5.74) is 1.16. The van der Waals surface area contributed by atoms with Gasteiger partial charge in [0.15, 0.2) is 5.13 Å². The summed E-state index contributed by atoms with van der Waals surface area (Å²) < 4.78 is 39.4. The van der Waals surface area contributed by atoms with E-state index in [9.17, 15) is 13.2 Å². The number of rotatable bonds is 9. The first-order valence-electron chi connectivity index (χ1n) is 10.9. The van der Waals surface area contributed by atoms with Crippen LogP contribution in [0.25, 0.3) is 0 Å². The molecule has 1 unspecified atom stereocenters. The largest absolute Gasteiger partial charge is 0.497 e. The minimum atomic E-state index is -4.05. The topological polar surface area (TPSA) is 121 Å². The number of carboxylic acid groups (broad SMARTS) is 1. The Kier molecular flexibility index (Phi) is 7.76. The third-order valence-corrected chi connectivity index (χ3v) is 8.74. The van der Waals surface area contributed by atoms with Gasteiger partial charge in [-0.05, 0) is 36.8 Å². The smallest absolute Gasteiger partial charge is 0.407 e. The molecule has 1 aliphatic heterocycles. The lowest BCUT2D eigenvalue weighted by Gasteiger charge is -2.23. The standard InChI is InChI=1S/C23H25ClN4O6S2/c1-33-17-4-3-15(21(11-17)34-2)13-28(22-25-8-10-35-22)36(31,32)18-5-6-20(19(24)12-18)26-16-7-9-27(14-16)23(29)30/h3-6,8,10-12,16,26H,7,9,13-14H2,1-2H3,(H,29,30). The SMILES string of the molecule is COc1ccc(CN(c2nccs2)S(=O)(=O)c2ccc(NC3CCN(C(=O)O)C3)c(Cl)c2)c(OC)c1. The molecule has 1 aliphatic rings. The Balaban J connectivity index is 1.61. The van der Waals surface area contributed by atoms with E-state index in [2.05, 4.69) is 10.3 Å². The molecule has 1 fully saturated rings. The molecule has 192 valence electrons. The number of carbonyl (C=O) groups is 1. The molecule has 13 heteroatoms. The number of nitrogens with zero attached hydrogens (tertiary/aromatic N) is 3. The third kappa shape index (κ3) is 5.45. The van der Waals surface area contributed by atoms with Gasteiger partial charge >= 0.3 is 6.09 Å². The van der Waals surface area contributed by atoms with E-state index >= 15 is 0 Å². The number of anilines is 2. The van der Waals surface area contributed by atoms with Crippen LogP contribution in [-0.2, 0) is 16.6 Å². The molecule has 0 saturated carbocycles. The van der Waals surface area contributed by atoms with E-state index in [1.165, 1.54) is 53.1 Å². The zero-order valence-electron chi connectivity index (χ0n) is 19.5. The highest BCUT2D eigenvalue weighted by molar-refractivity contribution is 7.93. The normalized spacial score (nSPS) is 15.5. The highest BCUT2D eigenvalue weighted by Gasteiger charge is 2.30. The predicted molar refractivity (Wildman–Crippen MR) is 138 cm³/mol. The number of thiazole rings is 1. The molecule has 36 heavy (non-hydrogen) atoms. The molecular weight excluding hydrogens is 528 g/mol. The van der Waals surface area contributed by atoms with Crippen molar-refractivity contribution >= 4 is 49.9 Å². The summed E-state index contributed by atoms with van der Waals surface area (Å²) in [6.07, 6.45) is 1.20. The van der Waals surface area contributed by atoms with Crippen molar-refractivity contribution in [3.63, 3.8) is 0 Å². The Morgan fingerprint density at radius 3 is 2.69 bits per heavy atom. The number of halogens is 1. The van der Waals surface area contributed by atoms with Crippen molar-refractivity contribution in [3.05, 3.63) is 58.6 Å². The number of aromatic nitrogens is 1. The minimum Gasteiger partial charge on any atom is -0.497 e. The molecule has 3 aromatic rings. The van der Waals surface area contributed by atoms with E-state index in [4.69, 9.17) is 26.2 Å². The lowest BCUT2D eigenvalue weighted by Crippen LogP contribution is -2.31. The number of nitrogens with one attached hydrogen (secondary N) is 1. The molecular formula is C23H25ClN4O6S2. The fourth-order valence-electron chi connectivity index (χ4n) is 3.90. The van der Waals surface area contributed by atoms with E-state index in [1.807, 2.05) is 0 Å². The minimum absolute atomic E-state index is 0.000636. The maximum atomic E-state index is 13.8. The van der Waals surface area contributed by atoms with Gasteiger partial charge in [0.05, 0.1) is 36.4 Å². The fraction of sp³-hybridized carbons (Fsp3) is 0.304. The van der Waals surface area contributed by atoms with Gasteiger partial charge in [0, 0.05) is 42.3 Å². The Morgan fingerprint density at radius 2 is 2.08 bits per heavy atom. The van der Waals surface area contributed by atoms with E-state index in [0.29, 0.717) is 47.4 Å². The maximum absolute atomic E-state index is 13.8. The lowest BCUT2D eigenvalue weighted by atomic mass is 10.2. The average molecular weight is 553 g/mol. The second-order valence-electron chi connectivity index (χ2n) is 8.00. The molecule has 2 aromatic carbocycles. The van der Waals surface area contributed by atoms with Crippen LogP contribution in [0, 0.1) is 0 Å². The summed E-state index contributed by atoms with van der Waals surface area (Å²) in [7, 11) is -1.01. The lowest BCUT2D eigenvalue weighted by molar-refractivity contribution is 0.155. The molecule has 0 spiro atoms. The Morgan fingerprint density at radius 1 is 1.28 bits per heavy atom. The number of methoxy groups -OCH3 is 2. The van der Waals surface area contributed by atoms with Crippen LogP contribution in [-0.4, -0.2) is 62.9 Å². The zero-order valence-corrected chi connectivity index (χ0v) is 21.9. The van der Waals surface area contributed by atoms with Gasteiger partial charge in [0.25, 0.3) is 10.0 Å². The van der Waals surface area contributed by atoms with Crippen molar-refractivity contribution in [1.82, 2.24) is 9.88 Å². The number of likely N-dealkylation sites (tertiary alicyclic amines) is 1. The quantitative estimate of drug-likeness (QED) is 0.401. The number of sulfonamides is 1. The van der Waals surface area contributed by atoms with Gasteiger partial charge in [-0.2, -0.15) is 0 Å². The van der Waals surface area contributed by atoms with Crippen LogP contribution in [0.1, 0.15) is 12.0 Å². The van der Waals surface area contributed by atoms with Crippen LogP contribution >= 0.6 is 22.9 Å². The van der Waals surface area contributed by atoms with E-state index in [1.54, 1.807) is 29.6 Å². The summed E-state index contributed by atoms with van der Waals surface area (Å²) in [6, 6.07) is 9.50. The molecule has 4 rings (SSSR count). The molecule has 10 nitrogen and oxygen atoms in total. The van der Waals surface area contributed by atoms with Crippen molar-refractivity contribution in [3.8, 4) is 11.5 Å². The molecule has 2 heterocycles. The van der Waals surface area contributed by atoms with E-state index in [0.717, 1.165) is 0 Å². The monoisotopic (exact) mass is 552 g/mol. The van der Waals surface area contributed by atoms with Gasteiger partial charge in [-0.15, -0.1) is 11.3 Å². The van der Waals surface area contributed by atoms with Crippen molar-refractivity contribution in [1.29, 1.82) is 0 Å². The second kappa shape index (κ2) is 10.8. The Labute approximate surface area is 218 Å². The third-order valence-electron chi connectivity index (χ3n) is 5.79. The average Bonchev–Trinajstić information content (AvgIpc) is 3.56. The summed E-state index contributed by atoms with van der Waals surface area (Å²) in [4.78, 5) is 16.7.